The molecule has 3 aromatic rings. The first-order valence-corrected chi connectivity index (χ1v) is 9.68. The lowest BCUT2D eigenvalue weighted by Crippen LogP contribution is -2.13. The highest BCUT2D eigenvalue weighted by molar-refractivity contribution is 6.09. The molecule has 0 radical (unpaired) electrons. The Labute approximate surface area is 172 Å². The van der Waals surface area contributed by atoms with Crippen molar-refractivity contribution in [1.29, 1.82) is 5.26 Å². The average molecular weight is 383 g/mol. The largest absolute Gasteiger partial charge is 0.321 e. The smallest absolute Gasteiger partial charge is 0.266 e. The maximum Gasteiger partial charge on any atom is 0.266 e. The number of carbonyl (C=O) groups is 1. The summed E-state index contributed by atoms with van der Waals surface area (Å²) < 4.78 is 2.14. The number of hydrogen-bond donors (Lipinski definition) is 1. The minimum absolute atomic E-state index is 0.0734. The summed E-state index contributed by atoms with van der Waals surface area (Å²) in [5.74, 6) is 0.0699. The maximum atomic E-state index is 12.5. The van der Waals surface area contributed by atoms with Crippen LogP contribution in [0.1, 0.15) is 42.3 Å². The van der Waals surface area contributed by atoms with Crippen molar-refractivity contribution >= 4 is 17.7 Å². The lowest BCUT2D eigenvalue weighted by Gasteiger charge is -2.12. The summed E-state index contributed by atoms with van der Waals surface area (Å²) in [5, 5.41) is 12.3. The summed E-state index contributed by atoms with van der Waals surface area (Å²) in [6.07, 6.45) is 1.65. The molecule has 0 fully saturated rings. The van der Waals surface area contributed by atoms with Crippen LogP contribution in [-0.4, -0.2) is 10.5 Å². The van der Waals surface area contributed by atoms with E-state index in [1.807, 2.05) is 44.2 Å². The molecular formula is C25H25N3O. The molecule has 1 N–H and O–H groups in total. The zero-order valence-corrected chi connectivity index (χ0v) is 17.2. The molecule has 0 aliphatic carbocycles. The number of nitriles is 1. The van der Waals surface area contributed by atoms with Gasteiger partial charge < -0.3 is 9.88 Å². The van der Waals surface area contributed by atoms with Crippen LogP contribution in [-0.2, 0) is 4.79 Å². The Hall–Kier alpha value is -3.58. The van der Waals surface area contributed by atoms with Gasteiger partial charge in [-0.25, -0.2) is 0 Å². The molecule has 0 unspecified atom stereocenters. The summed E-state index contributed by atoms with van der Waals surface area (Å²) in [6.45, 7) is 8.37. The highest BCUT2D eigenvalue weighted by Crippen LogP contribution is 2.24. The third kappa shape index (κ3) is 4.47. The molecule has 0 spiro atoms. The quantitative estimate of drug-likeness (QED) is 0.449. The normalized spacial score (nSPS) is 11.4. The minimum Gasteiger partial charge on any atom is -0.321 e. The highest BCUT2D eigenvalue weighted by atomic mass is 16.1. The van der Waals surface area contributed by atoms with Crippen LogP contribution in [0.2, 0.25) is 0 Å². The first-order valence-electron chi connectivity index (χ1n) is 9.68. The van der Waals surface area contributed by atoms with Crippen LogP contribution in [0.5, 0.6) is 0 Å². The van der Waals surface area contributed by atoms with Gasteiger partial charge in [0.05, 0.1) is 0 Å². The van der Waals surface area contributed by atoms with E-state index in [1.54, 1.807) is 18.2 Å². The Balaban J connectivity index is 1.92. The molecule has 4 heteroatoms. The molecule has 146 valence electrons. The van der Waals surface area contributed by atoms with Gasteiger partial charge in [-0.2, -0.15) is 5.26 Å². The second kappa shape index (κ2) is 8.62. The molecule has 1 heterocycles. The van der Waals surface area contributed by atoms with Gasteiger partial charge in [0, 0.05) is 22.8 Å². The number of hydrogen-bond acceptors (Lipinski definition) is 2. The van der Waals surface area contributed by atoms with Crippen molar-refractivity contribution in [2.24, 2.45) is 0 Å². The van der Waals surface area contributed by atoms with E-state index in [4.69, 9.17) is 0 Å². The van der Waals surface area contributed by atoms with Gasteiger partial charge in [0.1, 0.15) is 11.6 Å². The Morgan fingerprint density at radius 1 is 1.07 bits per heavy atom. The van der Waals surface area contributed by atoms with E-state index in [0.717, 1.165) is 22.6 Å². The van der Waals surface area contributed by atoms with E-state index in [-0.39, 0.29) is 5.57 Å². The maximum absolute atomic E-state index is 12.5. The van der Waals surface area contributed by atoms with Crippen LogP contribution < -0.4 is 5.32 Å². The fourth-order valence-electron chi connectivity index (χ4n) is 3.36. The molecule has 3 rings (SSSR count). The molecule has 0 saturated heterocycles. The number of amides is 1. The lowest BCUT2D eigenvalue weighted by atomic mass is 10.0. The van der Waals surface area contributed by atoms with Crippen LogP contribution in [0.15, 0.2) is 66.2 Å². The van der Waals surface area contributed by atoms with Crippen LogP contribution in [0.4, 0.5) is 5.69 Å². The first kappa shape index (κ1) is 20.2. The van der Waals surface area contributed by atoms with Crippen molar-refractivity contribution in [2.45, 2.75) is 33.6 Å². The standard InChI is InChI=1S/C25H25N3O/c1-17(2)20-10-12-24(13-11-20)28-18(3)14-21(19(28)4)15-22(16-26)25(29)27-23-8-6-5-7-9-23/h5-15,17H,1-4H3,(H,27,29)/b22-15-. The van der Waals surface area contributed by atoms with E-state index >= 15 is 0 Å². The molecule has 0 aliphatic rings. The van der Waals surface area contributed by atoms with Crippen LogP contribution in [0.3, 0.4) is 0 Å². The van der Waals surface area contributed by atoms with Crippen molar-refractivity contribution < 1.29 is 4.79 Å². The molecule has 29 heavy (non-hydrogen) atoms. The van der Waals surface area contributed by atoms with Gasteiger partial charge in [-0.15, -0.1) is 0 Å². The molecule has 0 saturated carbocycles. The fourth-order valence-corrected chi connectivity index (χ4v) is 3.36. The van der Waals surface area contributed by atoms with Crippen molar-refractivity contribution in [1.82, 2.24) is 4.57 Å². The molecule has 0 aliphatic heterocycles. The predicted molar refractivity (Wildman–Crippen MR) is 118 cm³/mol. The van der Waals surface area contributed by atoms with Crippen molar-refractivity contribution in [3.05, 3.63) is 88.8 Å². The minimum atomic E-state index is -0.412. The third-order valence-corrected chi connectivity index (χ3v) is 4.98. The van der Waals surface area contributed by atoms with E-state index in [9.17, 15) is 10.1 Å². The molecular weight excluding hydrogens is 358 g/mol. The number of anilines is 1. The zero-order chi connectivity index (χ0) is 21.0. The molecule has 4 nitrogen and oxygen atoms in total. The second-order valence-corrected chi connectivity index (χ2v) is 7.40. The number of aryl methyl sites for hydroxylation is 1. The summed E-state index contributed by atoms with van der Waals surface area (Å²) in [6, 6.07) is 21.7. The van der Waals surface area contributed by atoms with Gasteiger partial charge in [-0.3, -0.25) is 4.79 Å². The van der Waals surface area contributed by atoms with Gasteiger partial charge in [-0.05, 0) is 67.3 Å². The Bertz CT molecular complexity index is 1080. The van der Waals surface area contributed by atoms with Crippen LogP contribution in [0, 0.1) is 25.2 Å². The van der Waals surface area contributed by atoms with Gasteiger partial charge in [-0.1, -0.05) is 44.2 Å². The summed E-state index contributed by atoms with van der Waals surface area (Å²) in [4.78, 5) is 12.5. The van der Waals surface area contributed by atoms with Gasteiger partial charge in [0.15, 0.2) is 0 Å². The van der Waals surface area contributed by atoms with Gasteiger partial charge in [0.2, 0.25) is 0 Å². The van der Waals surface area contributed by atoms with Gasteiger partial charge >= 0.3 is 0 Å². The van der Waals surface area contributed by atoms with E-state index in [0.29, 0.717) is 11.6 Å². The van der Waals surface area contributed by atoms with E-state index in [2.05, 4.69) is 48.0 Å². The SMILES string of the molecule is Cc1cc(/C=C(/C#N)C(=O)Nc2ccccc2)c(C)n1-c1ccc(C(C)C)cc1. The summed E-state index contributed by atoms with van der Waals surface area (Å²) in [5.41, 5.74) is 5.98. The lowest BCUT2D eigenvalue weighted by molar-refractivity contribution is -0.112. The zero-order valence-electron chi connectivity index (χ0n) is 17.2. The van der Waals surface area contributed by atoms with Crippen molar-refractivity contribution in [3.8, 4) is 11.8 Å². The number of aromatic nitrogens is 1. The summed E-state index contributed by atoms with van der Waals surface area (Å²) >= 11 is 0. The third-order valence-electron chi connectivity index (χ3n) is 4.98. The predicted octanol–water partition coefficient (Wildman–Crippen LogP) is 5.76. The molecule has 1 amide bonds. The van der Waals surface area contributed by atoms with Crippen molar-refractivity contribution in [2.75, 3.05) is 5.32 Å². The highest BCUT2D eigenvalue weighted by Gasteiger charge is 2.14. The van der Waals surface area contributed by atoms with Gasteiger partial charge in [0.25, 0.3) is 5.91 Å². The number of para-hydroxylation sites is 1. The number of carbonyl (C=O) groups excluding carboxylic acids is 1. The fraction of sp³-hybridized carbons (Fsp3) is 0.200. The number of rotatable bonds is 5. The van der Waals surface area contributed by atoms with Crippen LogP contribution in [0.25, 0.3) is 11.8 Å². The van der Waals surface area contributed by atoms with Crippen molar-refractivity contribution in [3.63, 3.8) is 0 Å². The molecule has 2 aromatic carbocycles. The van der Waals surface area contributed by atoms with E-state index < -0.39 is 5.91 Å². The summed E-state index contributed by atoms with van der Waals surface area (Å²) in [7, 11) is 0. The number of nitrogens with zero attached hydrogens (tertiary/aromatic N) is 2. The average Bonchev–Trinajstić information content (AvgIpc) is 2.99. The first-order chi connectivity index (χ1) is 13.9. The Morgan fingerprint density at radius 2 is 1.72 bits per heavy atom. The molecule has 1 aromatic heterocycles. The Kier molecular flexibility index (Phi) is 5.99. The second-order valence-electron chi connectivity index (χ2n) is 7.40. The topological polar surface area (TPSA) is 57.8 Å². The Morgan fingerprint density at radius 3 is 2.31 bits per heavy atom. The molecule has 0 bridgehead atoms. The van der Waals surface area contributed by atoms with E-state index in [1.165, 1.54) is 5.56 Å². The molecule has 0 atom stereocenters. The number of nitrogens with one attached hydrogen (secondary N) is 1. The monoisotopic (exact) mass is 383 g/mol. The van der Waals surface area contributed by atoms with Crippen LogP contribution >= 0.6 is 0 Å². The number of benzene rings is 2.